The fourth-order valence-corrected chi connectivity index (χ4v) is 0.964. The maximum Gasteiger partial charge on any atom is 0.0163 e. The first kappa shape index (κ1) is 10.7. The minimum atomic E-state index is 0.686. The first-order valence-corrected chi connectivity index (χ1v) is 4.59. The molecule has 0 unspecified atom stereocenters. The molecule has 0 aliphatic heterocycles. The summed E-state index contributed by atoms with van der Waals surface area (Å²) in [6, 6.07) is 0. The Balaban J connectivity index is 3.49. The van der Waals surface area contributed by atoms with Gasteiger partial charge in [-0.05, 0) is 19.0 Å². The average Bonchev–Trinajstić information content (AvgIpc) is 1.98. The van der Waals surface area contributed by atoms with E-state index in [2.05, 4.69) is 44.7 Å². The van der Waals surface area contributed by atoms with Gasteiger partial charge in [0, 0.05) is 6.54 Å². The van der Waals surface area contributed by atoms with Gasteiger partial charge in [-0.3, -0.25) is 0 Å². The van der Waals surface area contributed by atoms with Crippen LogP contribution in [0.2, 0.25) is 0 Å². The van der Waals surface area contributed by atoms with Crippen LogP contribution in [0.15, 0.2) is 12.2 Å². The van der Waals surface area contributed by atoms with E-state index in [1.165, 1.54) is 0 Å². The van der Waals surface area contributed by atoms with Gasteiger partial charge in [-0.1, -0.05) is 39.8 Å². The van der Waals surface area contributed by atoms with Crippen molar-refractivity contribution in [3.63, 3.8) is 0 Å². The maximum atomic E-state index is 2.40. The van der Waals surface area contributed by atoms with Crippen molar-refractivity contribution >= 4 is 0 Å². The monoisotopic (exact) mass is 155 g/mol. The third kappa shape index (κ3) is 6.11. The van der Waals surface area contributed by atoms with Gasteiger partial charge < -0.3 is 4.90 Å². The Kier molecular flexibility index (Phi) is 6.24. The third-order valence-electron chi connectivity index (χ3n) is 1.78. The summed E-state index contributed by atoms with van der Waals surface area (Å²) in [4.78, 5) is 2.40. The molecule has 11 heavy (non-hydrogen) atoms. The minimum Gasteiger partial charge on any atom is -0.300 e. The van der Waals surface area contributed by atoms with Gasteiger partial charge in [-0.2, -0.15) is 0 Å². The predicted octanol–water partition coefficient (Wildman–Crippen LogP) is 2.54. The standard InChI is InChI=1S/C10H21N/c1-5-11(6-2)9-7-8-10(3)4/h7-8,10H,5-6,9H2,1-4H3/b8-7-. The van der Waals surface area contributed by atoms with Crippen molar-refractivity contribution in [1.29, 1.82) is 0 Å². The molecule has 1 heteroatoms. The van der Waals surface area contributed by atoms with Gasteiger partial charge in [0.25, 0.3) is 0 Å². The van der Waals surface area contributed by atoms with Crippen LogP contribution in [0.5, 0.6) is 0 Å². The molecule has 66 valence electrons. The average molecular weight is 155 g/mol. The molecule has 0 aliphatic carbocycles. The maximum absolute atomic E-state index is 2.40. The van der Waals surface area contributed by atoms with Crippen molar-refractivity contribution in [1.82, 2.24) is 4.90 Å². The van der Waals surface area contributed by atoms with Crippen LogP contribution in [-0.4, -0.2) is 24.5 Å². The summed E-state index contributed by atoms with van der Waals surface area (Å²) >= 11 is 0. The van der Waals surface area contributed by atoms with E-state index in [1.807, 2.05) is 0 Å². The molecular weight excluding hydrogens is 134 g/mol. The van der Waals surface area contributed by atoms with E-state index in [1.54, 1.807) is 0 Å². The van der Waals surface area contributed by atoms with Gasteiger partial charge in [0.2, 0.25) is 0 Å². The molecule has 0 radical (unpaired) electrons. The highest BCUT2D eigenvalue weighted by atomic mass is 15.1. The predicted molar refractivity (Wildman–Crippen MR) is 51.8 cm³/mol. The zero-order chi connectivity index (χ0) is 8.69. The molecule has 0 spiro atoms. The Morgan fingerprint density at radius 2 is 1.73 bits per heavy atom. The molecule has 0 fully saturated rings. The lowest BCUT2D eigenvalue weighted by Crippen LogP contribution is -2.22. The molecule has 0 saturated heterocycles. The van der Waals surface area contributed by atoms with Gasteiger partial charge in [-0.15, -0.1) is 0 Å². The lowest BCUT2D eigenvalue weighted by molar-refractivity contribution is 0.337. The Hall–Kier alpha value is -0.300. The van der Waals surface area contributed by atoms with Gasteiger partial charge >= 0.3 is 0 Å². The van der Waals surface area contributed by atoms with Crippen molar-refractivity contribution in [3.8, 4) is 0 Å². The number of rotatable bonds is 5. The van der Waals surface area contributed by atoms with Gasteiger partial charge in [-0.25, -0.2) is 0 Å². The molecule has 0 heterocycles. The normalized spacial score (nSPS) is 12.2. The van der Waals surface area contributed by atoms with E-state index < -0.39 is 0 Å². The molecule has 0 N–H and O–H groups in total. The first-order chi connectivity index (χ1) is 5.20. The lowest BCUT2D eigenvalue weighted by Gasteiger charge is -2.14. The van der Waals surface area contributed by atoms with E-state index in [-0.39, 0.29) is 0 Å². The van der Waals surface area contributed by atoms with E-state index in [9.17, 15) is 0 Å². The summed E-state index contributed by atoms with van der Waals surface area (Å²) in [7, 11) is 0. The highest BCUT2D eigenvalue weighted by Gasteiger charge is 1.93. The van der Waals surface area contributed by atoms with Crippen molar-refractivity contribution in [2.45, 2.75) is 27.7 Å². The Morgan fingerprint density at radius 3 is 2.09 bits per heavy atom. The second-order valence-corrected chi connectivity index (χ2v) is 3.16. The van der Waals surface area contributed by atoms with Gasteiger partial charge in [0.15, 0.2) is 0 Å². The molecule has 0 aromatic rings. The van der Waals surface area contributed by atoms with Crippen molar-refractivity contribution in [3.05, 3.63) is 12.2 Å². The summed E-state index contributed by atoms with van der Waals surface area (Å²) in [5.41, 5.74) is 0. The molecule has 0 aliphatic rings. The summed E-state index contributed by atoms with van der Waals surface area (Å²) in [5.74, 6) is 0.686. The Labute approximate surface area is 71.1 Å². The van der Waals surface area contributed by atoms with E-state index in [0.29, 0.717) is 5.92 Å². The van der Waals surface area contributed by atoms with E-state index in [4.69, 9.17) is 0 Å². The van der Waals surface area contributed by atoms with Crippen LogP contribution in [0.1, 0.15) is 27.7 Å². The molecule has 0 atom stereocenters. The van der Waals surface area contributed by atoms with Gasteiger partial charge in [0.05, 0.1) is 0 Å². The van der Waals surface area contributed by atoms with Crippen LogP contribution in [0.25, 0.3) is 0 Å². The van der Waals surface area contributed by atoms with Crippen molar-refractivity contribution in [2.75, 3.05) is 19.6 Å². The smallest absolute Gasteiger partial charge is 0.0163 e. The highest BCUT2D eigenvalue weighted by Crippen LogP contribution is 1.94. The number of hydrogen-bond acceptors (Lipinski definition) is 1. The van der Waals surface area contributed by atoms with Crippen LogP contribution in [0, 0.1) is 5.92 Å². The zero-order valence-corrected chi connectivity index (χ0v) is 8.30. The van der Waals surface area contributed by atoms with Crippen molar-refractivity contribution in [2.24, 2.45) is 5.92 Å². The van der Waals surface area contributed by atoms with Crippen LogP contribution in [-0.2, 0) is 0 Å². The van der Waals surface area contributed by atoms with Crippen LogP contribution in [0.4, 0.5) is 0 Å². The number of nitrogens with zero attached hydrogens (tertiary/aromatic N) is 1. The molecule has 1 nitrogen and oxygen atoms in total. The van der Waals surface area contributed by atoms with Crippen molar-refractivity contribution < 1.29 is 0 Å². The lowest BCUT2D eigenvalue weighted by atomic mass is 10.2. The Morgan fingerprint density at radius 1 is 1.18 bits per heavy atom. The quantitative estimate of drug-likeness (QED) is 0.551. The molecule has 0 saturated carbocycles. The second-order valence-electron chi connectivity index (χ2n) is 3.16. The summed E-state index contributed by atoms with van der Waals surface area (Å²) in [6.07, 6.45) is 4.52. The zero-order valence-electron chi connectivity index (χ0n) is 8.30. The number of hydrogen-bond donors (Lipinski definition) is 0. The number of allylic oxidation sites excluding steroid dienone is 1. The highest BCUT2D eigenvalue weighted by molar-refractivity contribution is 4.86. The Bertz CT molecular complexity index is 101. The van der Waals surface area contributed by atoms with E-state index in [0.717, 1.165) is 19.6 Å². The van der Waals surface area contributed by atoms with Crippen LogP contribution < -0.4 is 0 Å². The van der Waals surface area contributed by atoms with E-state index >= 15 is 0 Å². The largest absolute Gasteiger partial charge is 0.300 e. The molecule has 0 amide bonds. The molecular formula is C10H21N. The minimum absolute atomic E-state index is 0.686. The summed E-state index contributed by atoms with van der Waals surface area (Å²) in [6.45, 7) is 12.2. The number of likely N-dealkylation sites (N-methyl/N-ethyl adjacent to an activating group) is 1. The molecule has 0 aromatic heterocycles. The molecule has 0 aromatic carbocycles. The van der Waals surface area contributed by atoms with Crippen LogP contribution in [0.3, 0.4) is 0 Å². The fraction of sp³-hybridized carbons (Fsp3) is 0.800. The second kappa shape index (κ2) is 6.41. The molecule has 0 rings (SSSR count). The molecule has 0 bridgehead atoms. The summed E-state index contributed by atoms with van der Waals surface area (Å²) < 4.78 is 0. The topological polar surface area (TPSA) is 3.24 Å². The first-order valence-electron chi connectivity index (χ1n) is 4.59. The third-order valence-corrected chi connectivity index (χ3v) is 1.78. The van der Waals surface area contributed by atoms with Gasteiger partial charge in [0.1, 0.15) is 0 Å². The van der Waals surface area contributed by atoms with Crippen LogP contribution >= 0.6 is 0 Å². The summed E-state index contributed by atoms with van der Waals surface area (Å²) in [5, 5.41) is 0. The SMILES string of the molecule is CCN(CC)C/C=C\C(C)C. The fourth-order valence-electron chi connectivity index (χ4n) is 0.964.